The van der Waals surface area contributed by atoms with Gasteiger partial charge in [-0.15, -0.1) is 0 Å². The Kier molecular flexibility index (Phi) is 9.42. The average Bonchev–Trinajstić information content (AvgIpc) is 3.23. The second-order valence-electron chi connectivity index (χ2n) is 9.55. The van der Waals surface area contributed by atoms with Crippen LogP contribution in [0.4, 0.5) is 0 Å². The number of hydrogen-bond acceptors (Lipinski definition) is 5. The number of carbonyl (C=O) groups is 1. The van der Waals surface area contributed by atoms with Crippen LogP contribution in [0.3, 0.4) is 0 Å². The van der Waals surface area contributed by atoms with Crippen molar-refractivity contribution in [2.45, 2.75) is 77.9 Å². The number of unbranched alkanes of at least 4 members (excludes halogenated alkanes) is 2. The molecular weight excluding hydrogens is 426 g/mol. The van der Waals surface area contributed by atoms with Gasteiger partial charge in [0.25, 0.3) is 0 Å². The summed E-state index contributed by atoms with van der Waals surface area (Å²) in [5.41, 5.74) is 9.32. The molecule has 3 rings (SSSR count). The van der Waals surface area contributed by atoms with E-state index in [1.165, 1.54) is 0 Å². The molecule has 182 valence electrons. The summed E-state index contributed by atoms with van der Waals surface area (Å²) in [5.74, 6) is 0.675. The van der Waals surface area contributed by atoms with Crippen molar-refractivity contribution in [2.75, 3.05) is 0 Å². The third kappa shape index (κ3) is 8.12. The standard InChI is InChI=1S/C28H37N3O3/c1-28(2,3)34-26(32)18-12-6-11-17-24(29)27-30-19-25(23-15-9-5-10-16-23)31(27)21-33-20-22-13-7-4-8-14-22/h4-5,7-10,13-16,19,24H,6,11-12,17-18,20-21,29H2,1-3H3/t24-/m0/s1. The zero-order chi connectivity index (χ0) is 24.4. The van der Waals surface area contributed by atoms with E-state index in [4.69, 9.17) is 15.2 Å². The number of hydrogen-bond donors (Lipinski definition) is 1. The molecule has 0 saturated heterocycles. The van der Waals surface area contributed by atoms with E-state index in [9.17, 15) is 4.79 Å². The van der Waals surface area contributed by atoms with Crippen LogP contribution in [0, 0.1) is 0 Å². The van der Waals surface area contributed by atoms with Gasteiger partial charge in [0.15, 0.2) is 0 Å². The summed E-state index contributed by atoms with van der Waals surface area (Å²) in [6.45, 7) is 6.56. The second-order valence-corrected chi connectivity index (χ2v) is 9.55. The molecule has 0 aliphatic rings. The molecule has 2 aromatic carbocycles. The molecule has 3 aromatic rings. The molecule has 0 radical (unpaired) electrons. The molecule has 34 heavy (non-hydrogen) atoms. The van der Waals surface area contributed by atoms with Gasteiger partial charge in [-0.1, -0.05) is 73.5 Å². The van der Waals surface area contributed by atoms with Crippen molar-refractivity contribution in [3.8, 4) is 11.3 Å². The van der Waals surface area contributed by atoms with E-state index < -0.39 is 5.60 Å². The highest BCUT2D eigenvalue weighted by molar-refractivity contribution is 5.69. The molecule has 6 heteroatoms. The maximum Gasteiger partial charge on any atom is 0.306 e. The van der Waals surface area contributed by atoms with Crippen LogP contribution in [0.15, 0.2) is 66.9 Å². The number of carbonyl (C=O) groups excluding carboxylic acids is 1. The fourth-order valence-electron chi connectivity index (χ4n) is 3.82. The first-order chi connectivity index (χ1) is 16.3. The summed E-state index contributed by atoms with van der Waals surface area (Å²) >= 11 is 0. The topological polar surface area (TPSA) is 79.4 Å². The van der Waals surface area contributed by atoms with Crippen molar-refractivity contribution in [3.63, 3.8) is 0 Å². The first-order valence-corrected chi connectivity index (χ1v) is 12.0. The SMILES string of the molecule is CC(C)(C)OC(=O)CCCCC[C@H](N)c1ncc(-c2ccccc2)n1COCc1ccccc1. The van der Waals surface area contributed by atoms with Gasteiger partial charge in [-0.05, 0) is 44.7 Å². The highest BCUT2D eigenvalue weighted by atomic mass is 16.6. The quantitative estimate of drug-likeness (QED) is 0.263. The molecule has 0 amide bonds. The number of aromatic nitrogens is 2. The van der Waals surface area contributed by atoms with Gasteiger partial charge in [0.1, 0.15) is 18.2 Å². The largest absolute Gasteiger partial charge is 0.460 e. The molecule has 6 nitrogen and oxygen atoms in total. The van der Waals surface area contributed by atoms with E-state index in [0.717, 1.165) is 48.3 Å². The fraction of sp³-hybridized carbons (Fsp3) is 0.429. The lowest BCUT2D eigenvalue weighted by atomic mass is 10.1. The van der Waals surface area contributed by atoms with Gasteiger partial charge >= 0.3 is 5.97 Å². The number of esters is 1. The van der Waals surface area contributed by atoms with Crippen LogP contribution >= 0.6 is 0 Å². The van der Waals surface area contributed by atoms with Crippen LogP contribution in [0.1, 0.15) is 70.3 Å². The molecule has 0 aliphatic heterocycles. The molecule has 0 fully saturated rings. The van der Waals surface area contributed by atoms with Crippen LogP contribution in [-0.4, -0.2) is 21.1 Å². The number of nitrogens with zero attached hydrogens (tertiary/aromatic N) is 2. The molecule has 0 spiro atoms. The van der Waals surface area contributed by atoms with Gasteiger partial charge in [0, 0.05) is 6.42 Å². The maximum atomic E-state index is 11.9. The normalized spacial score (nSPS) is 12.5. The third-order valence-corrected chi connectivity index (χ3v) is 5.44. The van der Waals surface area contributed by atoms with E-state index in [1.807, 2.05) is 63.4 Å². The van der Waals surface area contributed by atoms with E-state index in [0.29, 0.717) is 19.8 Å². The Balaban J connectivity index is 1.58. The van der Waals surface area contributed by atoms with Gasteiger partial charge in [-0.2, -0.15) is 0 Å². The van der Waals surface area contributed by atoms with Gasteiger partial charge in [0.05, 0.1) is 24.5 Å². The first-order valence-electron chi connectivity index (χ1n) is 12.0. The van der Waals surface area contributed by atoms with Crippen molar-refractivity contribution < 1.29 is 14.3 Å². The molecule has 0 saturated carbocycles. The number of ether oxygens (including phenoxy) is 2. The lowest BCUT2D eigenvalue weighted by Gasteiger charge is -2.19. The van der Waals surface area contributed by atoms with Crippen LogP contribution in [-0.2, 0) is 27.6 Å². The van der Waals surface area contributed by atoms with Crippen molar-refractivity contribution in [1.29, 1.82) is 0 Å². The van der Waals surface area contributed by atoms with Crippen LogP contribution in [0.5, 0.6) is 0 Å². The zero-order valence-corrected chi connectivity index (χ0v) is 20.6. The van der Waals surface area contributed by atoms with Gasteiger partial charge in [-0.25, -0.2) is 4.98 Å². The summed E-state index contributed by atoms with van der Waals surface area (Å²) < 4.78 is 13.5. The number of nitrogens with two attached hydrogens (primary N) is 1. The molecule has 1 aromatic heterocycles. The molecule has 0 unspecified atom stereocenters. The summed E-state index contributed by atoms with van der Waals surface area (Å²) in [4.78, 5) is 16.6. The zero-order valence-electron chi connectivity index (χ0n) is 20.6. The molecule has 0 bridgehead atoms. The van der Waals surface area contributed by atoms with E-state index >= 15 is 0 Å². The fourth-order valence-corrected chi connectivity index (χ4v) is 3.82. The summed E-state index contributed by atoms with van der Waals surface area (Å²) in [5, 5.41) is 0. The van der Waals surface area contributed by atoms with Gasteiger partial charge in [-0.3, -0.25) is 4.79 Å². The second kappa shape index (κ2) is 12.5. The van der Waals surface area contributed by atoms with Crippen molar-refractivity contribution in [3.05, 3.63) is 78.2 Å². The first kappa shape index (κ1) is 25.7. The van der Waals surface area contributed by atoms with Gasteiger partial charge in [0.2, 0.25) is 0 Å². The monoisotopic (exact) mass is 463 g/mol. The Bertz CT molecular complexity index is 1010. The number of rotatable bonds is 12. The molecule has 0 aliphatic carbocycles. The highest BCUT2D eigenvalue weighted by Crippen LogP contribution is 2.25. The lowest BCUT2D eigenvalue weighted by molar-refractivity contribution is -0.154. The molecular formula is C28H37N3O3. The third-order valence-electron chi connectivity index (χ3n) is 5.44. The Hall–Kier alpha value is -2.96. The Morgan fingerprint density at radius 1 is 1.00 bits per heavy atom. The van der Waals surface area contributed by atoms with Crippen molar-refractivity contribution >= 4 is 5.97 Å². The highest BCUT2D eigenvalue weighted by Gasteiger charge is 2.18. The number of imidazole rings is 1. The van der Waals surface area contributed by atoms with E-state index in [1.54, 1.807) is 0 Å². The minimum absolute atomic E-state index is 0.143. The lowest BCUT2D eigenvalue weighted by Crippen LogP contribution is -2.23. The molecule has 2 N–H and O–H groups in total. The van der Waals surface area contributed by atoms with Gasteiger partial charge < -0.3 is 19.8 Å². The molecule has 1 heterocycles. The number of benzene rings is 2. The average molecular weight is 464 g/mol. The van der Waals surface area contributed by atoms with Crippen LogP contribution in [0.2, 0.25) is 0 Å². The predicted octanol–water partition coefficient (Wildman–Crippen LogP) is 6.02. The minimum Gasteiger partial charge on any atom is -0.460 e. The summed E-state index contributed by atoms with van der Waals surface area (Å²) in [6.07, 6.45) is 5.74. The minimum atomic E-state index is -0.435. The maximum absolute atomic E-state index is 11.9. The van der Waals surface area contributed by atoms with Crippen molar-refractivity contribution in [1.82, 2.24) is 9.55 Å². The van der Waals surface area contributed by atoms with Crippen molar-refractivity contribution in [2.24, 2.45) is 5.73 Å². The Labute approximate surface area is 203 Å². The van der Waals surface area contributed by atoms with E-state index in [-0.39, 0.29) is 12.0 Å². The summed E-state index contributed by atoms with van der Waals surface area (Å²) in [7, 11) is 0. The predicted molar refractivity (Wildman–Crippen MR) is 135 cm³/mol. The van der Waals surface area contributed by atoms with Crippen LogP contribution in [0.25, 0.3) is 11.3 Å². The Morgan fingerprint density at radius 2 is 1.68 bits per heavy atom. The van der Waals surface area contributed by atoms with E-state index in [2.05, 4.69) is 33.8 Å². The van der Waals surface area contributed by atoms with Crippen LogP contribution < -0.4 is 5.73 Å². The summed E-state index contributed by atoms with van der Waals surface area (Å²) in [6, 6.07) is 20.1. The Morgan fingerprint density at radius 3 is 2.35 bits per heavy atom. The molecule has 1 atom stereocenters. The smallest absolute Gasteiger partial charge is 0.306 e.